The Labute approximate surface area is 229 Å². The molecule has 38 heavy (non-hydrogen) atoms. The Morgan fingerprint density at radius 2 is 1.95 bits per heavy atom. The number of benzene rings is 1. The molecule has 1 aromatic carbocycles. The second kappa shape index (κ2) is 11.8. The molecule has 0 bridgehead atoms. The quantitative estimate of drug-likeness (QED) is 0.362. The summed E-state index contributed by atoms with van der Waals surface area (Å²) in [7, 11) is 0. The molecule has 4 aromatic rings. The van der Waals surface area contributed by atoms with Crippen molar-refractivity contribution in [3.8, 4) is 11.5 Å². The summed E-state index contributed by atoms with van der Waals surface area (Å²) < 4.78 is 44.0. The first-order chi connectivity index (χ1) is 17.2. The number of carbonyl (C=O) groups excluding carboxylic acids is 1. The van der Waals surface area contributed by atoms with E-state index < -0.39 is 12.2 Å². The van der Waals surface area contributed by atoms with E-state index in [0.717, 1.165) is 10.9 Å². The summed E-state index contributed by atoms with van der Waals surface area (Å²) >= 11 is 0. The molecule has 3 N–H and O–H groups in total. The van der Waals surface area contributed by atoms with Crippen LogP contribution in [0.2, 0.25) is 0 Å². The van der Waals surface area contributed by atoms with Gasteiger partial charge in [-0.1, -0.05) is 30.3 Å². The van der Waals surface area contributed by atoms with Gasteiger partial charge in [0.2, 0.25) is 5.91 Å². The van der Waals surface area contributed by atoms with Gasteiger partial charge in [0.25, 0.3) is 0 Å². The third-order valence-corrected chi connectivity index (χ3v) is 6.43. The first-order valence-electron chi connectivity index (χ1n) is 11.8. The van der Waals surface area contributed by atoms with Crippen LogP contribution in [0.1, 0.15) is 30.5 Å². The number of hydrogen-bond acceptors (Lipinski definition) is 6. The van der Waals surface area contributed by atoms with Gasteiger partial charge >= 0.3 is 6.18 Å². The fourth-order valence-corrected chi connectivity index (χ4v) is 4.81. The third-order valence-electron chi connectivity index (χ3n) is 6.43. The number of fused-ring (bicyclic) bond motifs is 2. The molecule has 5 rings (SSSR count). The maximum absolute atomic E-state index is 14.1. The lowest BCUT2D eigenvalue weighted by Crippen LogP contribution is -2.38. The van der Waals surface area contributed by atoms with Crippen molar-refractivity contribution in [3.63, 3.8) is 0 Å². The molecule has 1 unspecified atom stereocenters. The van der Waals surface area contributed by atoms with E-state index in [0.29, 0.717) is 35.6 Å². The summed E-state index contributed by atoms with van der Waals surface area (Å²) in [6.45, 7) is 2.83. The van der Waals surface area contributed by atoms with Gasteiger partial charge in [0.1, 0.15) is 11.7 Å². The molecule has 3 aromatic heterocycles. The Morgan fingerprint density at radius 1 is 1.16 bits per heavy atom. The number of halogens is 5. The number of pyridine rings is 2. The molecule has 1 amide bonds. The number of likely N-dealkylation sites (N-methyl/N-ethyl adjacent to an activating group) is 1. The maximum Gasteiger partial charge on any atom is 0.408 e. The van der Waals surface area contributed by atoms with Crippen LogP contribution in [0.3, 0.4) is 0 Å². The number of rotatable bonds is 6. The lowest BCUT2D eigenvalue weighted by molar-refractivity contribution is -0.183. The predicted molar refractivity (Wildman–Crippen MR) is 144 cm³/mol. The maximum atomic E-state index is 14.1. The topological polar surface area (TPSA) is 101 Å². The average Bonchev–Trinajstić information content (AvgIpc) is 3.44. The Kier molecular flexibility index (Phi) is 9.19. The first-order valence-corrected chi connectivity index (χ1v) is 11.8. The lowest BCUT2D eigenvalue weighted by Gasteiger charge is -2.30. The van der Waals surface area contributed by atoms with Crippen LogP contribution in [0.15, 0.2) is 48.7 Å². The molecular weight excluding hydrogens is 542 g/mol. The van der Waals surface area contributed by atoms with Crippen LogP contribution >= 0.6 is 24.8 Å². The van der Waals surface area contributed by atoms with Crippen LogP contribution < -0.4 is 11.1 Å². The summed E-state index contributed by atoms with van der Waals surface area (Å²) in [5.74, 6) is 0.204. The molecule has 0 spiro atoms. The smallest absolute Gasteiger partial charge is 0.356 e. The van der Waals surface area contributed by atoms with Gasteiger partial charge in [0.15, 0.2) is 11.5 Å². The number of nitrogens with zero attached hydrogens (tertiary/aromatic N) is 5. The fraction of sp³-hybridized carbons (Fsp3) is 0.360. The van der Waals surface area contributed by atoms with Gasteiger partial charge in [0.05, 0.1) is 11.9 Å². The van der Waals surface area contributed by atoms with Crippen LogP contribution in [0.5, 0.6) is 0 Å². The van der Waals surface area contributed by atoms with E-state index in [2.05, 4.69) is 15.5 Å². The van der Waals surface area contributed by atoms with E-state index >= 15 is 0 Å². The summed E-state index contributed by atoms with van der Waals surface area (Å²) in [5.41, 5.74) is 8.22. The second-order valence-corrected chi connectivity index (χ2v) is 9.02. The van der Waals surface area contributed by atoms with Crippen LogP contribution in [0.4, 0.5) is 13.2 Å². The molecule has 1 aliphatic rings. The molecule has 2 atom stereocenters. The highest BCUT2D eigenvalue weighted by Gasteiger charge is 2.46. The zero-order chi connectivity index (χ0) is 25.4. The van der Waals surface area contributed by atoms with Crippen molar-refractivity contribution < 1.29 is 18.0 Å². The van der Waals surface area contributed by atoms with Gasteiger partial charge in [-0.15, -0.1) is 35.0 Å². The fourth-order valence-electron chi connectivity index (χ4n) is 4.81. The van der Waals surface area contributed by atoms with Crippen LogP contribution in [-0.2, 0) is 11.2 Å². The van der Waals surface area contributed by atoms with Crippen LogP contribution in [-0.4, -0.2) is 62.2 Å². The molecule has 13 heteroatoms. The van der Waals surface area contributed by atoms with Crippen molar-refractivity contribution in [2.24, 2.45) is 5.73 Å². The number of likely N-dealkylation sites (tertiary alicyclic amines) is 1. The van der Waals surface area contributed by atoms with Gasteiger partial charge in [0, 0.05) is 37.3 Å². The summed E-state index contributed by atoms with van der Waals surface area (Å²) in [6, 6.07) is 10.1. The number of aromatic nitrogens is 4. The van der Waals surface area contributed by atoms with Crippen molar-refractivity contribution in [1.82, 2.24) is 29.8 Å². The predicted octanol–water partition coefficient (Wildman–Crippen LogP) is 4.10. The summed E-state index contributed by atoms with van der Waals surface area (Å²) in [5, 5.41) is 12.0. The van der Waals surface area contributed by atoms with E-state index in [4.69, 9.17) is 10.7 Å². The number of nitrogens with two attached hydrogens (primary N) is 1. The van der Waals surface area contributed by atoms with Gasteiger partial charge in [-0.05, 0) is 36.6 Å². The third kappa shape index (κ3) is 5.85. The van der Waals surface area contributed by atoms with E-state index in [-0.39, 0.29) is 61.8 Å². The normalized spacial score (nSPS) is 16.7. The van der Waals surface area contributed by atoms with Crippen molar-refractivity contribution in [1.29, 1.82) is 0 Å². The molecular formula is C25H28Cl2F3N7O. The van der Waals surface area contributed by atoms with E-state index in [1.165, 1.54) is 27.6 Å². The monoisotopic (exact) mass is 569 g/mol. The highest BCUT2D eigenvalue weighted by atomic mass is 35.5. The molecule has 8 nitrogen and oxygen atoms in total. The Morgan fingerprint density at radius 3 is 2.63 bits per heavy atom. The average molecular weight is 570 g/mol. The molecule has 0 radical (unpaired) electrons. The molecule has 0 aliphatic carbocycles. The zero-order valence-electron chi connectivity index (χ0n) is 20.5. The number of alkyl halides is 3. The Hall–Kier alpha value is -2.99. The summed E-state index contributed by atoms with van der Waals surface area (Å²) in [4.78, 5) is 18.3. The second-order valence-electron chi connectivity index (χ2n) is 9.02. The molecule has 1 aliphatic heterocycles. The van der Waals surface area contributed by atoms with E-state index in [1.807, 2.05) is 31.2 Å². The highest BCUT2D eigenvalue weighted by Crippen LogP contribution is 2.39. The van der Waals surface area contributed by atoms with E-state index in [9.17, 15) is 18.0 Å². The molecule has 1 saturated heterocycles. The zero-order valence-corrected chi connectivity index (χ0v) is 22.1. The number of para-hydroxylation sites is 1. The number of nitrogens with one attached hydrogen (secondary N) is 1. The van der Waals surface area contributed by atoms with Crippen molar-refractivity contribution >= 4 is 47.3 Å². The number of amides is 1. The van der Waals surface area contributed by atoms with Gasteiger partial charge in [-0.3, -0.25) is 14.1 Å². The van der Waals surface area contributed by atoms with Crippen molar-refractivity contribution in [2.45, 2.75) is 38.0 Å². The highest BCUT2D eigenvalue weighted by molar-refractivity contribution is 5.89. The van der Waals surface area contributed by atoms with Gasteiger partial charge < -0.3 is 11.1 Å². The minimum atomic E-state index is -4.47. The Balaban J connectivity index is 0.00000200. The molecule has 0 saturated carbocycles. The van der Waals surface area contributed by atoms with Gasteiger partial charge in [-0.2, -0.15) is 13.2 Å². The standard InChI is InChI=1S/C25H26F3N7O.2ClH/c1-2-30-21(36)12-16-5-3-4-15-6-8-19(31-22(15)16)24-33-32-20-9-7-17(13-35(20)24)23(25(26,27)28)34-11-10-18(29)14-34;;/h3-9,13,18,23H,2,10-12,14,29H2,1H3,(H,30,36);2*1H/t18?,23-;;/m1../s1. The Bertz CT molecular complexity index is 1430. The molecule has 4 heterocycles. The number of carbonyl (C=O) groups is 1. The molecule has 204 valence electrons. The van der Waals surface area contributed by atoms with E-state index in [1.54, 1.807) is 6.07 Å². The minimum absolute atomic E-state index is 0. The van der Waals surface area contributed by atoms with Crippen LogP contribution in [0, 0.1) is 0 Å². The summed E-state index contributed by atoms with van der Waals surface area (Å²) in [6.07, 6.45) is -2.36. The minimum Gasteiger partial charge on any atom is -0.356 e. The first kappa shape index (κ1) is 29.6. The SMILES string of the molecule is CCNC(=O)Cc1cccc2ccc(-c3nnc4ccc([C@@H](N5CCC(N)C5)C(F)(F)F)cn34)nc12.Cl.Cl. The number of hydrogen-bond donors (Lipinski definition) is 2. The van der Waals surface area contributed by atoms with Gasteiger partial charge in [-0.25, -0.2) is 4.98 Å². The van der Waals surface area contributed by atoms with Crippen LogP contribution in [0.25, 0.3) is 28.1 Å². The molecule has 1 fully saturated rings. The lowest BCUT2D eigenvalue weighted by atomic mass is 10.1. The van der Waals surface area contributed by atoms with Crippen molar-refractivity contribution in [2.75, 3.05) is 19.6 Å². The van der Waals surface area contributed by atoms with Crippen molar-refractivity contribution in [3.05, 3.63) is 59.8 Å². The largest absolute Gasteiger partial charge is 0.408 e.